The van der Waals surface area contributed by atoms with Crippen molar-refractivity contribution in [3.63, 3.8) is 0 Å². The maximum atomic E-state index is 13.6. The second-order valence-corrected chi connectivity index (χ2v) is 6.00. The van der Waals surface area contributed by atoms with E-state index in [9.17, 15) is 8.78 Å². The monoisotopic (exact) mass is 282 g/mol. The minimum Gasteiger partial charge on any atom is -0.311 e. The fourth-order valence-electron chi connectivity index (χ4n) is 3.11. The molecule has 0 radical (unpaired) electrons. The third kappa shape index (κ3) is 3.36. The summed E-state index contributed by atoms with van der Waals surface area (Å²) in [6, 6.07) is 4.34. The molecule has 1 N–H and O–H groups in total. The third-order valence-corrected chi connectivity index (χ3v) is 4.53. The average Bonchev–Trinajstić information content (AvgIpc) is 2.44. The van der Waals surface area contributed by atoms with Gasteiger partial charge in [-0.05, 0) is 33.0 Å². The van der Waals surface area contributed by atoms with Crippen LogP contribution in [0.2, 0.25) is 0 Å². The van der Waals surface area contributed by atoms with Crippen LogP contribution in [0.5, 0.6) is 0 Å². The quantitative estimate of drug-likeness (QED) is 0.891. The van der Waals surface area contributed by atoms with Gasteiger partial charge in [0.15, 0.2) is 11.6 Å². The number of nitrogens with one attached hydrogen (secondary N) is 1. The molecule has 0 atom stereocenters. The van der Waals surface area contributed by atoms with E-state index in [2.05, 4.69) is 24.3 Å². The Bertz CT molecular complexity index is 440. The van der Waals surface area contributed by atoms with Crippen molar-refractivity contribution in [2.45, 2.75) is 44.2 Å². The van der Waals surface area contributed by atoms with Crippen molar-refractivity contribution in [3.05, 3.63) is 35.4 Å². The highest BCUT2D eigenvalue weighted by atomic mass is 19.2. The Hall–Kier alpha value is -1.00. The topological polar surface area (TPSA) is 15.3 Å². The molecular weight excluding hydrogens is 258 g/mol. The van der Waals surface area contributed by atoms with E-state index < -0.39 is 11.6 Å². The molecule has 1 aliphatic rings. The molecule has 4 heteroatoms. The highest BCUT2D eigenvalue weighted by molar-refractivity contribution is 5.18. The van der Waals surface area contributed by atoms with Gasteiger partial charge in [-0.15, -0.1) is 0 Å². The molecule has 0 amide bonds. The van der Waals surface area contributed by atoms with Gasteiger partial charge in [-0.25, -0.2) is 8.78 Å². The van der Waals surface area contributed by atoms with Crippen molar-refractivity contribution >= 4 is 0 Å². The van der Waals surface area contributed by atoms with Gasteiger partial charge in [-0.2, -0.15) is 0 Å². The average molecular weight is 282 g/mol. The molecule has 0 bridgehead atoms. The van der Waals surface area contributed by atoms with Gasteiger partial charge in [0.1, 0.15) is 0 Å². The Kier molecular flexibility index (Phi) is 5.11. The molecule has 1 aromatic rings. The molecule has 0 aromatic heterocycles. The van der Waals surface area contributed by atoms with Gasteiger partial charge in [0.05, 0.1) is 0 Å². The molecule has 0 saturated heterocycles. The lowest BCUT2D eigenvalue weighted by Gasteiger charge is -2.43. The zero-order valence-electron chi connectivity index (χ0n) is 12.4. The number of likely N-dealkylation sites (N-methyl/N-ethyl adjacent to an activating group) is 1. The number of rotatable bonds is 5. The fourth-order valence-corrected chi connectivity index (χ4v) is 3.11. The first-order valence-corrected chi connectivity index (χ1v) is 7.36. The van der Waals surface area contributed by atoms with E-state index in [0.717, 1.165) is 12.6 Å². The predicted molar refractivity (Wildman–Crippen MR) is 77.6 cm³/mol. The number of benzene rings is 1. The minimum absolute atomic E-state index is 0.155. The molecule has 1 saturated carbocycles. The molecule has 1 aromatic carbocycles. The summed E-state index contributed by atoms with van der Waals surface area (Å²) in [5, 5.41) is 3.31. The number of nitrogens with zero attached hydrogens (tertiary/aromatic N) is 1. The van der Waals surface area contributed by atoms with Crippen molar-refractivity contribution in [1.82, 2.24) is 10.2 Å². The molecule has 0 aliphatic heterocycles. The molecular formula is C16H24F2N2. The van der Waals surface area contributed by atoms with Crippen LogP contribution < -0.4 is 5.32 Å². The summed E-state index contributed by atoms with van der Waals surface area (Å²) in [6.07, 6.45) is 6.12. The standard InChI is InChI=1S/C16H24F2N2/c1-20(2)16(9-4-3-5-10-16)12-19-11-13-7-6-8-14(17)15(13)18/h6-8,19H,3-5,9-12H2,1-2H3. The molecule has 0 unspecified atom stereocenters. The Morgan fingerprint density at radius 2 is 1.85 bits per heavy atom. The van der Waals surface area contributed by atoms with Gasteiger partial charge in [0.25, 0.3) is 0 Å². The van der Waals surface area contributed by atoms with E-state index in [1.54, 1.807) is 12.1 Å². The lowest BCUT2D eigenvalue weighted by atomic mass is 9.80. The lowest BCUT2D eigenvalue weighted by Crippen LogP contribution is -2.52. The summed E-state index contributed by atoms with van der Waals surface area (Å²) >= 11 is 0. The first-order valence-electron chi connectivity index (χ1n) is 7.36. The van der Waals surface area contributed by atoms with E-state index >= 15 is 0 Å². The van der Waals surface area contributed by atoms with E-state index in [-0.39, 0.29) is 5.54 Å². The van der Waals surface area contributed by atoms with Crippen molar-refractivity contribution in [2.75, 3.05) is 20.6 Å². The normalized spacial score (nSPS) is 18.4. The van der Waals surface area contributed by atoms with Gasteiger partial charge >= 0.3 is 0 Å². The SMILES string of the molecule is CN(C)C1(CNCc2cccc(F)c2F)CCCCC1. The number of halogens is 2. The molecule has 0 heterocycles. The maximum Gasteiger partial charge on any atom is 0.163 e. The van der Waals surface area contributed by atoms with Crippen LogP contribution >= 0.6 is 0 Å². The highest BCUT2D eigenvalue weighted by Gasteiger charge is 2.33. The van der Waals surface area contributed by atoms with Crippen molar-refractivity contribution in [3.8, 4) is 0 Å². The van der Waals surface area contributed by atoms with E-state index in [1.165, 1.54) is 32.1 Å². The first-order chi connectivity index (χ1) is 9.55. The second kappa shape index (κ2) is 6.64. The molecule has 20 heavy (non-hydrogen) atoms. The molecule has 0 spiro atoms. The van der Waals surface area contributed by atoms with E-state index in [0.29, 0.717) is 12.1 Å². The van der Waals surface area contributed by atoms with Crippen LogP contribution in [0, 0.1) is 11.6 Å². The lowest BCUT2D eigenvalue weighted by molar-refractivity contribution is 0.0983. The van der Waals surface area contributed by atoms with Crippen LogP contribution in [0.4, 0.5) is 8.78 Å². The highest BCUT2D eigenvalue weighted by Crippen LogP contribution is 2.31. The largest absolute Gasteiger partial charge is 0.311 e. The van der Waals surface area contributed by atoms with Crippen LogP contribution in [0.1, 0.15) is 37.7 Å². The van der Waals surface area contributed by atoms with Gasteiger partial charge in [0, 0.05) is 24.2 Å². The summed E-state index contributed by atoms with van der Waals surface area (Å²) in [6.45, 7) is 1.19. The molecule has 1 aliphatic carbocycles. The number of hydrogen-bond acceptors (Lipinski definition) is 2. The van der Waals surface area contributed by atoms with Crippen LogP contribution in [0.15, 0.2) is 18.2 Å². The van der Waals surface area contributed by atoms with Crippen molar-refractivity contribution in [1.29, 1.82) is 0 Å². The zero-order chi connectivity index (χ0) is 14.6. The van der Waals surface area contributed by atoms with Crippen LogP contribution in [0.3, 0.4) is 0 Å². The Morgan fingerprint density at radius 3 is 2.50 bits per heavy atom. The fraction of sp³-hybridized carbons (Fsp3) is 0.625. The van der Waals surface area contributed by atoms with Gasteiger partial charge in [-0.3, -0.25) is 0 Å². The third-order valence-electron chi connectivity index (χ3n) is 4.53. The summed E-state index contributed by atoms with van der Waals surface area (Å²) in [5.74, 6) is -1.51. The van der Waals surface area contributed by atoms with Crippen molar-refractivity contribution < 1.29 is 8.78 Å². The Labute approximate surface area is 120 Å². The molecule has 2 nitrogen and oxygen atoms in total. The zero-order valence-corrected chi connectivity index (χ0v) is 12.4. The molecule has 112 valence electrons. The van der Waals surface area contributed by atoms with Gasteiger partial charge < -0.3 is 10.2 Å². The van der Waals surface area contributed by atoms with Crippen molar-refractivity contribution in [2.24, 2.45) is 0 Å². The van der Waals surface area contributed by atoms with E-state index in [1.807, 2.05) is 0 Å². The molecule has 1 fully saturated rings. The van der Waals surface area contributed by atoms with Gasteiger partial charge in [0.2, 0.25) is 0 Å². The summed E-state index contributed by atoms with van der Waals surface area (Å²) in [4.78, 5) is 2.28. The first kappa shape index (κ1) is 15.4. The summed E-state index contributed by atoms with van der Waals surface area (Å²) in [7, 11) is 4.21. The Balaban J connectivity index is 1.95. The second-order valence-electron chi connectivity index (χ2n) is 6.00. The smallest absolute Gasteiger partial charge is 0.163 e. The predicted octanol–water partition coefficient (Wildman–Crippen LogP) is 3.32. The minimum atomic E-state index is -0.774. The summed E-state index contributed by atoms with van der Waals surface area (Å²) in [5.41, 5.74) is 0.553. The summed E-state index contributed by atoms with van der Waals surface area (Å²) < 4.78 is 26.7. The van der Waals surface area contributed by atoms with Crippen LogP contribution in [0.25, 0.3) is 0 Å². The number of hydrogen-bond donors (Lipinski definition) is 1. The van der Waals surface area contributed by atoms with Gasteiger partial charge in [-0.1, -0.05) is 31.4 Å². The van der Waals surface area contributed by atoms with E-state index in [4.69, 9.17) is 0 Å². The maximum absolute atomic E-state index is 13.6. The Morgan fingerprint density at radius 1 is 1.15 bits per heavy atom. The van der Waals surface area contributed by atoms with Crippen LogP contribution in [-0.4, -0.2) is 31.1 Å². The van der Waals surface area contributed by atoms with Crippen LogP contribution in [-0.2, 0) is 6.54 Å². The molecule has 2 rings (SSSR count).